The maximum atomic E-state index is 2.39. The second-order valence-electron chi connectivity index (χ2n) is 6.67. The number of hydrogen-bond acceptors (Lipinski definition) is 1. The fourth-order valence-corrected chi connectivity index (χ4v) is 4.41. The quantitative estimate of drug-likeness (QED) is 0.305. The van der Waals surface area contributed by atoms with Crippen LogP contribution in [0.15, 0.2) is 115 Å². The molecule has 28 heavy (non-hydrogen) atoms. The van der Waals surface area contributed by atoms with Crippen LogP contribution in [0.2, 0.25) is 0 Å². The summed E-state index contributed by atoms with van der Waals surface area (Å²) in [4.78, 5) is 1.27. The molecular weight excluding hydrogens is 358 g/mol. The van der Waals surface area contributed by atoms with Crippen molar-refractivity contribution in [2.45, 2.75) is 0 Å². The van der Waals surface area contributed by atoms with E-state index in [4.69, 9.17) is 0 Å². The maximum Gasteiger partial charge on any atom is 0.0641 e. The van der Waals surface area contributed by atoms with Crippen molar-refractivity contribution >= 4 is 11.3 Å². The van der Waals surface area contributed by atoms with E-state index >= 15 is 0 Å². The second-order valence-corrected chi connectivity index (χ2v) is 7.62. The van der Waals surface area contributed by atoms with E-state index in [0.717, 1.165) is 0 Å². The lowest BCUT2D eigenvalue weighted by Crippen LogP contribution is -1.99. The minimum Gasteiger partial charge on any atom is -0.308 e. The highest BCUT2D eigenvalue weighted by Crippen LogP contribution is 2.41. The SMILES string of the molecule is c1ccc(-c2cc(-c3cccs3)n(-c3ccccc3)c2-c2ccccc2)cc1. The van der Waals surface area contributed by atoms with Gasteiger partial charge in [0.2, 0.25) is 0 Å². The molecule has 0 amide bonds. The first kappa shape index (κ1) is 16.8. The Kier molecular flexibility index (Phi) is 4.40. The summed E-state index contributed by atoms with van der Waals surface area (Å²) in [6.07, 6.45) is 0. The van der Waals surface area contributed by atoms with E-state index in [9.17, 15) is 0 Å². The van der Waals surface area contributed by atoms with Crippen molar-refractivity contribution in [2.24, 2.45) is 0 Å². The third-order valence-corrected chi connectivity index (χ3v) is 5.81. The van der Waals surface area contributed by atoms with Crippen LogP contribution in [0, 0.1) is 0 Å². The minimum absolute atomic E-state index is 1.17. The highest BCUT2D eigenvalue weighted by molar-refractivity contribution is 7.13. The maximum absolute atomic E-state index is 2.39. The van der Waals surface area contributed by atoms with Crippen LogP contribution in [-0.4, -0.2) is 4.57 Å². The number of nitrogens with zero attached hydrogens (tertiary/aromatic N) is 1. The van der Waals surface area contributed by atoms with Crippen molar-refractivity contribution in [1.82, 2.24) is 4.57 Å². The van der Waals surface area contributed by atoms with Gasteiger partial charge in [-0.25, -0.2) is 0 Å². The standard InChI is InChI=1S/C26H19NS/c1-4-11-20(12-5-1)23-19-24(25-17-10-18-28-25)27(22-15-8-3-9-16-22)26(23)21-13-6-2-7-14-21/h1-19H. The van der Waals surface area contributed by atoms with Gasteiger partial charge in [-0.05, 0) is 40.8 Å². The van der Waals surface area contributed by atoms with E-state index in [-0.39, 0.29) is 0 Å². The molecule has 5 rings (SSSR count). The number of para-hydroxylation sites is 1. The summed E-state index contributed by atoms with van der Waals surface area (Å²) in [5.74, 6) is 0. The lowest BCUT2D eigenvalue weighted by Gasteiger charge is -2.15. The molecule has 2 heterocycles. The van der Waals surface area contributed by atoms with Gasteiger partial charge in [0.05, 0.1) is 16.3 Å². The zero-order chi connectivity index (χ0) is 18.8. The molecule has 0 unspecified atom stereocenters. The summed E-state index contributed by atoms with van der Waals surface area (Å²) < 4.78 is 2.39. The van der Waals surface area contributed by atoms with E-state index < -0.39 is 0 Å². The van der Waals surface area contributed by atoms with Crippen LogP contribution >= 0.6 is 11.3 Å². The van der Waals surface area contributed by atoms with Gasteiger partial charge in [0.25, 0.3) is 0 Å². The van der Waals surface area contributed by atoms with Crippen LogP contribution in [-0.2, 0) is 0 Å². The second kappa shape index (κ2) is 7.34. The first-order valence-electron chi connectivity index (χ1n) is 9.38. The number of hydrogen-bond donors (Lipinski definition) is 0. The van der Waals surface area contributed by atoms with E-state index in [2.05, 4.69) is 119 Å². The molecule has 2 heteroatoms. The van der Waals surface area contributed by atoms with Gasteiger partial charge >= 0.3 is 0 Å². The topological polar surface area (TPSA) is 4.93 Å². The smallest absolute Gasteiger partial charge is 0.0641 e. The zero-order valence-electron chi connectivity index (χ0n) is 15.3. The fourth-order valence-electron chi connectivity index (χ4n) is 3.68. The minimum atomic E-state index is 1.17. The molecule has 0 bridgehead atoms. The Morgan fingerprint density at radius 2 is 1.18 bits per heavy atom. The number of thiophene rings is 1. The predicted molar refractivity (Wildman–Crippen MR) is 120 cm³/mol. The first-order valence-corrected chi connectivity index (χ1v) is 10.3. The highest BCUT2D eigenvalue weighted by atomic mass is 32.1. The summed E-state index contributed by atoms with van der Waals surface area (Å²) in [6.45, 7) is 0. The normalized spacial score (nSPS) is 10.9. The van der Waals surface area contributed by atoms with Gasteiger partial charge in [-0.2, -0.15) is 0 Å². The molecule has 0 atom stereocenters. The zero-order valence-corrected chi connectivity index (χ0v) is 16.1. The molecule has 0 N–H and O–H groups in total. The van der Waals surface area contributed by atoms with Gasteiger partial charge in [-0.15, -0.1) is 11.3 Å². The molecule has 0 radical (unpaired) electrons. The Morgan fingerprint density at radius 3 is 1.79 bits per heavy atom. The van der Waals surface area contributed by atoms with Crippen LogP contribution in [0.3, 0.4) is 0 Å². The van der Waals surface area contributed by atoms with Crippen molar-refractivity contribution in [3.05, 3.63) is 115 Å². The molecule has 0 aliphatic rings. The summed E-state index contributed by atoms with van der Waals surface area (Å²) in [7, 11) is 0. The highest BCUT2D eigenvalue weighted by Gasteiger charge is 2.20. The van der Waals surface area contributed by atoms with Gasteiger partial charge in [0.1, 0.15) is 0 Å². The molecule has 134 valence electrons. The number of aromatic nitrogens is 1. The van der Waals surface area contributed by atoms with Crippen LogP contribution < -0.4 is 0 Å². The Morgan fingerprint density at radius 1 is 0.571 bits per heavy atom. The van der Waals surface area contributed by atoms with Gasteiger partial charge in [0.15, 0.2) is 0 Å². The molecule has 0 aliphatic carbocycles. The molecule has 5 aromatic rings. The van der Waals surface area contributed by atoms with Gasteiger partial charge < -0.3 is 4.57 Å². The molecule has 2 aromatic heterocycles. The van der Waals surface area contributed by atoms with E-state index in [1.165, 1.54) is 38.6 Å². The van der Waals surface area contributed by atoms with Crippen molar-refractivity contribution in [3.63, 3.8) is 0 Å². The Balaban J connectivity index is 1.89. The average Bonchev–Trinajstić information content (AvgIpc) is 3.43. The largest absolute Gasteiger partial charge is 0.308 e. The van der Waals surface area contributed by atoms with Crippen LogP contribution in [0.25, 0.3) is 38.6 Å². The molecule has 0 spiro atoms. The predicted octanol–water partition coefficient (Wildman–Crippen LogP) is 7.54. The number of rotatable bonds is 4. The lowest BCUT2D eigenvalue weighted by atomic mass is 10.0. The van der Waals surface area contributed by atoms with Crippen molar-refractivity contribution in [3.8, 4) is 38.6 Å². The summed E-state index contributed by atoms with van der Waals surface area (Å²) in [5, 5.41) is 2.14. The molecule has 1 nitrogen and oxygen atoms in total. The number of benzene rings is 3. The molecule has 0 aliphatic heterocycles. The summed E-state index contributed by atoms with van der Waals surface area (Å²) >= 11 is 1.78. The molecule has 0 fully saturated rings. The van der Waals surface area contributed by atoms with E-state index in [0.29, 0.717) is 0 Å². The van der Waals surface area contributed by atoms with Crippen LogP contribution in [0.5, 0.6) is 0 Å². The molecule has 3 aromatic carbocycles. The summed E-state index contributed by atoms with van der Waals surface area (Å²) in [6, 6.07) is 38.6. The van der Waals surface area contributed by atoms with Crippen LogP contribution in [0.1, 0.15) is 0 Å². The monoisotopic (exact) mass is 377 g/mol. The first-order chi connectivity index (χ1) is 13.9. The molecular formula is C26H19NS. The third kappa shape index (κ3) is 2.98. The Labute approximate surface area is 169 Å². The van der Waals surface area contributed by atoms with Gasteiger partial charge in [0, 0.05) is 11.3 Å². The average molecular weight is 378 g/mol. The lowest BCUT2D eigenvalue weighted by molar-refractivity contribution is 1.10. The third-order valence-electron chi connectivity index (χ3n) is 4.92. The van der Waals surface area contributed by atoms with Crippen LogP contribution in [0.4, 0.5) is 0 Å². The van der Waals surface area contributed by atoms with E-state index in [1.807, 2.05) is 0 Å². The fraction of sp³-hybridized carbons (Fsp3) is 0. The van der Waals surface area contributed by atoms with Crippen molar-refractivity contribution in [1.29, 1.82) is 0 Å². The van der Waals surface area contributed by atoms with E-state index in [1.54, 1.807) is 11.3 Å². The van der Waals surface area contributed by atoms with Crippen molar-refractivity contribution < 1.29 is 0 Å². The summed E-state index contributed by atoms with van der Waals surface area (Å²) in [5.41, 5.74) is 7.31. The van der Waals surface area contributed by atoms with Gasteiger partial charge in [-0.1, -0.05) is 84.9 Å². The molecule has 0 saturated carbocycles. The Bertz CT molecular complexity index is 1170. The molecule has 0 saturated heterocycles. The Hall–Kier alpha value is -3.36. The van der Waals surface area contributed by atoms with Gasteiger partial charge in [-0.3, -0.25) is 0 Å². The van der Waals surface area contributed by atoms with Crippen molar-refractivity contribution in [2.75, 3.05) is 0 Å².